The SMILES string of the molecule is CC1(C)CC(C)(C)c2cc(N3c4cc5c(cc4B4c6ccccc6Oc6cc(N7c8ccccc8[Si](C)(C)c8ccccc87)nc3c64)B3c4ccccc4Oc4cc(N6c7ccccc7[Si](C)(C)c7ccccc76)nc(c43)N5c3ccc4c(c3)C(C)(C)CC4(C)C)ccc21. The summed E-state index contributed by atoms with van der Waals surface area (Å²) in [6.45, 7) is 28.9. The lowest BCUT2D eigenvalue weighted by Crippen LogP contribution is -2.64. The van der Waals surface area contributed by atoms with Gasteiger partial charge in [-0.25, -0.2) is 9.97 Å². The predicted molar refractivity (Wildman–Crippen MR) is 398 cm³/mol. The zero-order valence-electron chi connectivity index (χ0n) is 55.7. The minimum absolute atomic E-state index is 0.00289. The molecular weight excluding hydrogens is 1180 g/mol. The second kappa shape index (κ2) is 18.7. The van der Waals surface area contributed by atoms with Crippen LogP contribution in [0.4, 0.5) is 68.8 Å². The molecule has 0 amide bonds. The van der Waals surface area contributed by atoms with Crippen molar-refractivity contribution in [1.29, 1.82) is 0 Å². The summed E-state index contributed by atoms with van der Waals surface area (Å²) in [5.41, 5.74) is 21.1. The molecule has 0 atom stereocenters. The van der Waals surface area contributed by atoms with Crippen LogP contribution in [-0.4, -0.2) is 39.5 Å². The van der Waals surface area contributed by atoms with E-state index >= 15 is 0 Å². The molecule has 9 aromatic carbocycles. The molecule has 0 unspecified atom stereocenters. The summed E-state index contributed by atoms with van der Waals surface area (Å²) < 4.78 is 14.8. The minimum Gasteiger partial charge on any atom is -0.458 e. The van der Waals surface area contributed by atoms with Crippen LogP contribution in [0.15, 0.2) is 206 Å². The van der Waals surface area contributed by atoms with Crippen molar-refractivity contribution in [2.75, 3.05) is 19.6 Å². The summed E-state index contributed by atoms with van der Waals surface area (Å²) in [5.74, 6) is 6.71. The molecule has 11 aromatic rings. The van der Waals surface area contributed by atoms with Crippen molar-refractivity contribution in [3.8, 4) is 23.0 Å². The van der Waals surface area contributed by atoms with E-state index in [0.29, 0.717) is 0 Å². The van der Waals surface area contributed by atoms with Gasteiger partial charge in [0.25, 0.3) is 13.4 Å². The van der Waals surface area contributed by atoms with Crippen molar-refractivity contribution >= 4 is 152 Å². The quantitative estimate of drug-likeness (QED) is 0.162. The number of aromatic nitrogens is 2. The van der Waals surface area contributed by atoms with Crippen molar-refractivity contribution in [1.82, 2.24) is 9.97 Å². The van der Waals surface area contributed by atoms with Crippen LogP contribution < -0.4 is 82.6 Å². The van der Waals surface area contributed by atoms with Crippen LogP contribution in [0.5, 0.6) is 23.0 Å². The zero-order valence-corrected chi connectivity index (χ0v) is 57.7. The van der Waals surface area contributed by atoms with Gasteiger partial charge in [0, 0.05) is 68.6 Å². The highest BCUT2D eigenvalue weighted by Gasteiger charge is 2.52. The van der Waals surface area contributed by atoms with Gasteiger partial charge in [-0.1, -0.05) is 209 Å². The van der Waals surface area contributed by atoms with E-state index < -0.39 is 16.1 Å². The van der Waals surface area contributed by atoms with E-state index in [1.54, 1.807) is 0 Å². The molecule has 94 heavy (non-hydrogen) atoms. The number of ether oxygens (including phenoxy) is 2. The number of anilines is 12. The maximum Gasteiger partial charge on any atom is 0.258 e. The summed E-state index contributed by atoms with van der Waals surface area (Å²) in [4.78, 5) is 22.3. The summed E-state index contributed by atoms with van der Waals surface area (Å²) in [6.07, 6.45) is 2.10. The van der Waals surface area contributed by atoms with Gasteiger partial charge < -0.3 is 9.47 Å². The number of hydrogen-bond donors (Lipinski definition) is 0. The van der Waals surface area contributed by atoms with E-state index in [2.05, 4.69) is 307 Å². The Labute approximate surface area is 555 Å². The maximum atomic E-state index is 7.42. The van der Waals surface area contributed by atoms with Crippen LogP contribution in [0.3, 0.4) is 0 Å². The number of benzene rings is 9. The first-order chi connectivity index (χ1) is 45.1. The molecule has 2 aromatic heterocycles. The van der Waals surface area contributed by atoms with Gasteiger partial charge in [-0.2, -0.15) is 0 Å². The van der Waals surface area contributed by atoms with Crippen molar-refractivity contribution < 1.29 is 9.47 Å². The Bertz CT molecular complexity index is 4790. The normalized spacial score (nSPS) is 18.5. The Kier molecular flexibility index (Phi) is 11.2. The average molecular weight is 1250 g/mol. The van der Waals surface area contributed by atoms with Crippen LogP contribution >= 0.6 is 0 Å². The van der Waals surface area contributed by atoms with E-state index in [9.17, 15) is 0 Å². The molecule has 2 aliphatic carbocycles. The third-order valence-electron chi connectivity index (χ3n) is 23.1. The number of fused-ring (bicyclic) bond motifs is 14. The lowest BCUT2D eigenvalue weighted by Gasteiger charge is -2.45. The number of nitrogens with zero attached hydrogens (tertiary/aromatic N) is 6. The number of hydrogen-bond acceptors (Lipinski definition) is 8. The lowest BCUT2D eigenvalue weighted by molar-refractivity contribution is 0.402. The summed E-state index contributed by atoms with van der Waals surface area (Å²) >= 11 is 0. The first-order valence-electron chi connectivity index (χ1n) is 33.8. The molecule has 458 valence electrons. The molecule has 6 aliphatic heterocycles. The standard InChI is InChI=1S/C82H74B2N6O2Si2/c1-79(2)47-81(5,6)53-41-49(37-39-51(53)79)87-63-44-64-58(43-57(63)83-55-25-13-19-31-65(55)91-67-45-73(85-77(87)75(67)83)89-59-27-15-21-33-69(59)93(9,10)70-34-22-16-28-60(70)89)84-56-26-14-20-32-66(56)92-68-46-74(90-61-29-17-23-35-71(61)94(11,12)72-36-24-18-30-62(72)90)86-78(76(68)84)88(64)50-38-40-52-54(42-50)82(7,8)48-80(52,3)4/h13-46H,47-48H2,1-12H3. The fourth-order valence-corrected chi connectivity index (χ4v) is 25.4. The smallest absolute Gasteiger partial charge is 0.258 e. The van der Waals surface area contributed by atoms with E-state index in [-0.39, 0.29) is 35.1 Å². The Morgan fingerprint density at radius 3 is 1.05 bits per heavy atom. The predicted octanol–water partition coefficient (Wildman–Crippen LogP) is 14.4. The lowest BCUT2D eigenvalue weighted by atomic mass is 9.31. The number of pyridine rings is 2. The third-order valence-corrected chi connectivity index (χ3v) is 30.2. The maximum absolute atomic E-state index is 7.42. The molecule has 0 spiro atoms. The minimum atomic E-state index is -2.16. The molecule has 0 bridgehead atoms. The van der Waals surface area contributed by atoms with Crippen LogP contribution in [0.1, 0.15) is 90.5 Å². The highest BCUT2D eigenvalue weighted by atomic mass is 28.3. The van der Waals surface area contributed by atoms with Crippen LogP contribution in [0, 0.1) is 0 Å². The van der Waals surface area contributed by atoms with E-state index in [1.165, 1.54) is 76.7 Å². The monoisotopic (exact) mass is 1250 g/mol. The van der Waals surface area contributed by atoms with Crippen LogP contribution in [0.2, 0.25) is 26.2 Å². The van der Waals surface area contributed by atoms with Gasteiger partial charge in [0.1, 0.15) is 62.4 Å². The molecule has 0 N–H and O–H groups in total. The summed E-state index contributed by atoms with van der Waals surface area (Å²) in [7, 11) is -4.32. The van der Waals surface area contributed by atoms with Crippen molar-refractivity contribution in [2.45, 2.75) is 116 Å². The van der Waals surface area contributed by atoms with E-state index in [0.717, 1.165) is 104 Å². The average Bonchev–Trinajstić information content (AvgIpc) is 0.863. The second-order valence-corrected chi connectivity index (χ2v) is 40.2. The molecule has 8 aliphatic rings. The molecule has 19 rings (SSSR count). The fraction of sp³-hybridized carbons (Fsp3) is 0.220. The Balaban J connectivity index is 0.929. The molecule has 12 heteroatoms. The van der Waals surface area contributed by atoms with Gasteiger partial charge >= 0.3 is 0 Å². The first kappa shape index (κ1) is 56.2. The zero-order chi connectivity index (χ0) is 64.1. The topological polar surface area (TPSA) is 57.2 Å². The Morgan fingerprint density at radius 1 is 0.330 bits per heavy atom. The van der Waals surface area contributed by atoms with Crippen molar-refractivity contribution in [3.63, 3.8) is 0 Å². The van der Waals surface area contributed by atoms with E-state index in [1.807, 2.05) is 0 Å². The highest BCUT2D eigenvalue weighted by molar-refractivity contribution is 7.04. The Hall–Kier alpha value is -9.36. The van der Waals surface area contributed by atoms with Gasteiger partial charge in [-0.05, 0) is 166 Å². The fourth-order valence-electron chi connectivity index (χ4n) is 19.4. The van der Waals surface area contributed by atoms with Crippen LogP contribution in [-0.2, 0) is 21.7 Å². The molecule has 0 fully saturated rings. The van der Waals surface area contributed by atoms with Crippen molar-refractivity contribution in [3.05, 3.63) is 229 Å². The molecule has 0 saturated carbocycles. The van der Waals surface area contributed by atoms with Crippen molar-refractivity contribution in [2.24, 2.45) is 0 Å². The van der Waals surface area contributed by atoms with Gasteiger partial charge in [-0.15, -0.1) is 0 Å². The van der Waals surface area contributed by atoms with Gasteiger partial charge in [-0.3, -0.25) is 19.6 Å². The van der Waals surface area contributed by atoms with E-state index in [4.69, 9.17) is 19.4 Å². The number of rotatable bonds is 4. The van der Waals surface area contributed by atoms with Gasteiger partial charge in [0.2, 0.25) is 0 Å². The molecule has 0 saturated heterocycles. The summed E-state index contributed by atoms with van der Waals surface area (Å²) in [5, 5.41) is 5.54. The second-order valence-electron chi connectivity index (χ2n) is 31.6. The molecule has 0 radical (unpaired) electrons. The molecule has 8 nitrogen and oxygen atoms in total. The highest BCUT2D eigenvalue weighted by Crippen LogP contribution is 2.56. The Morgan fingerprint density at radius 2 is 0.670 bits per heavy atom. The number of para-hydroxylation sites is 6. The van der Waals surface area contributed by atoms with Gasteiger partial charge in [0.15, 0.2) is 0 Å². The first-order valence-corrected chi connectivity index (χ1v) is 39.8. The van der Waals surface area contributed by atoms with Crippen LogP contribution in [0.25, 0.3) is 0 Å². The summed E-state index contributed by atoms with van der Waals surface area (Å²) in [6, 6.07) is 77.9. The third kappa shape index (κ3) is 7.52. The molecular formula is C82H74B2N6O2Si2. The molecule has 8 heterocycles. The van der Waals surface area contributed by atoms with Gasteiger partial charge in [0.05, 0.1) is 0 Å². The largest absolute Gasteiger partial charge is 0.458 e.